The molecule has 7 heteroatoms. The monoisotopic (exact) mass is 709 g/mol. The molecular weight excluding hydrogens is 672 g/mol. The van der Waals surface area contributed by atoms with Crippen molar-refractivity contribution in [2.75, 3.05) is 0 Å². The van der Waals surface area contributed by atoms with Crippen molar-refractivity contribution in [3.63, 3.8) is 0 Å². The van der Waals surface area contributed by atoms with E-state index in [0.29, 0.717) is 0 Å². The van der Waals surface area contributed by atoms with Gasteiger partial charge in [-0.2, -0.15) is 0 Å². The van der Waals surface area contributed by atoms with Crippen molar-refractivity contribution in [3.05, 3.63) is 212 Å². The summed E-state index contributed by atoms with van der Waals surface area (Å²) in [5.74, 6) is 0. The highest BCUT2D eigenvalue weighted by Crippen LogP contribution is 2.50. The van der Waals surface area contributed by atoms with E-state index >= 15 is 0 Å². The fourth-order valence-electron chi connectivity index (χ4n) is 5.97. The molecule has 0 aliphatic rings. The molecule has 0 aliphatic heterocycles. The maximum absolute atomic E-state index is 10.4. The molecule has 7 rings (SSSR count). The van der Waals surface area contributed by atoms with Gasteiger partial charge >= 0.3 is 14.1 Å². The Labute approximate surface area is 295 Å². The maximum atomic E-state index is 10.4. The van der Waals surface area contributed by atoms with E-state index < -0.39 is 24.2 Å². The van der Waals surface area contributed by atoms with Crippen LogP contribution in [0.4, 0.5) is 0 Å². The first-order valence-electron chi connectivity index (χ1n) is 16.2. The summed E-state index contributed by atoms with van der Waals surface area (Å²) in [6, 6.07) is 71.5. The van der Waals surface area contributed by atoms with Crippen LogP contribution in [0.25, 0.3) is 0 Å². The third kappa shape index (κ3) is 7.44. The molecular formula is C43H37NO3P2S. The van der Waals surface area contributed by atoms with Crippen LogP contribution in [0.3, 0.4) is 0 Å². The van der Waals surface area contributed by atoms with E-state index in [1.807, 2.05) is 6.92 Å². The molecule has 0 aromatic heterocycles. The van der Waals surface area contributed by atoms with Crippen molar-refractivity contribution in [1.29, 1.82) is 0 Å². The van der Waals surface area contributed by atoms with Crippen LogP contribution in [0, 0.1) is 6.92 Å². The number of rotatable bonds is 7. The Balaban J connectivity index is 0.000000336. The second-order valence-corrected chi connectivity index (χ2v) is 19.4. The van der Waals surface area contributed by atoms with Gasteiger partial charge in [-0.05, 0) is 91.9 Å². The average Bonchev–Trinajstić information content (AvgIpc) is 3.18. The van der Waals surface area contributed by atoms with Gasteiger partial charge in [0, 0.05) is 0 Å². The van der Waals surface area contributed by atoms with E-state index in [1.165, 1.54) is 44.0 Å². The molecule has 0 unspecified atom stereocenters. The number of hydrogen-bond acceptors (Lipinski definition) is 3. The highest BCUT2D eigenvalue weighted by Gasteiger charge is 2.44. The van der Waals surface area contributed by atoms with Gasteiger partial charge < -0.3 is 4.55 Å². The Morgan fingerprint density at radius 3 is 0.800 bits per heavy atom. The lowest BCUT2D eigenvalue weighted by Crippen LogP contribution is -2.31. The molecule has 0 radical (unpaired) electrons. The number of aryl methyl sites for hydroxylation is 1. The smallest absolute Gasteiger partial charge is 0.301 e. The Morgan fingerprint density at radius 2 is 0.600 bits per heavy atom. The summed E-state index contributed by atoms with van der Waals surface area (Å²) < 4.78 is 37.5. The molecule has 0 saturated heterocycles. The molecule has 50 heavy (non-hydrogen) atoms. The predicted octanol–water partition coefficient (Wildman–Crippen LogP) is 7.31. The summed E-state index contributed by atoms with van der Waals surface area (Å²) in [5.41, 5.74) is 0.928. The quantitative estimate of drug-likeness (QED) is 0.0991. The number of hydrogen-bond donors (Lipinski definition) is 0. The van der Waals surface area contributed by atoms with Crippen molar-refractivity contribution < 1.29 is 13.0 Å². The van der Waals surface area contributed by atoms with Gasteiger partial charge in [-0.1, -0.05) is 127 Å². The molecule has 0 aliphatic carbocycles. The average molecular weight is 710 g/mol. The predicted molar refractivity (Wildman–Crippen MR) is 212 cm³/mol. The number of benzene rings is 7. The molecule has 7 aromatic carbocycles. The summed E-state index contributed by atoms with van der Waals surface area (Å²) in [6.45, 7) is 1.82. The van der Waals surface area contributed by atoms with Crippen molar-refractivity contribution in [2.24, 2.45) is 0 Å². The van der Waals surface area contributed by atoms with Gasteiger partial charge in [0.2, 0.25) is 0 Å². The molecule has 0 spiro atoms. The van der Waals surface area contributed by atoms with E-state index in [4.69, 9.17) is 4.17 Å². The Hall–Kier alpha value is -4.98. The standard InChI is InChI=1S/C36H30NP2.C7H8O3S/c1-7-19-31(20-8-1)38(32-21-9-2-10-22-32,33-23-11-3-12-24-33)37-39(34-25-13-4-14-26-34,35-27-15-5-16-28-35)36-29-17-6-18-30-36;1-6-2-4-7(5-3-6)11(8,9)10/h1-30H;2-5H,1H3,(H,8,9,10)/q+1;/p-1. The first kappa shape index (κ1) is 34.9. The van der Waals surface area contributed by atoms with Gasteiger partial charge in [-0.25, -0.2) is 8.42 Å². The van der Waals surface area contributed by atoms with Crippen LogP contribution in [0.2, 0.25) is 0 Å². The lowest BCUT2D eigenvalue weighted by atomic mass is 10.2. The summed E-state index contributed by atoms with van der Waals surface area (Å²) >= 11 is 0. The lowest BCUT2D eigenvalue weighted by Gasteiger charge is -2.20. The minimum Gasteiger partial charge on any atom is -0.744 e. The Bertz CT molecular complexity index is 2030. The highest BCUT2D eigenvalue weighted by molar-refractivity contribution is 7.94. The molecule has 0 bridgehead atoms. The van der Waals surface area contributed by atoms with Gasteiger partial charge in [-0.15, -0.1) is 4.17 Å². The van der Waals surface area contributed by atoms with Gasteiger partial charge in [0.1, 0.15) is 10.1 Å². The molecule has 0 amide bonds. The molecule has 0 fully saturated rings. The first-order chi connectivity index (χ1) is 24.3. The summed E-state index contributed by atoms with van der Waals surface area (Å²) in [5, 5.41) is 7.55. The molecule has 4 nitrogen and oxygen atoms in total. The summed E-state index contributed by atoms with van der Waals surface area (Å²) in [4.78, 5) is -0.178. The van der Waals surface area contributed by atoms with Crippen molar-refractivity contribution in [2.45, 2.75) is 11.8 Å². The Morgan fingerprint density at radius 1 is 0.380 bits per heavy atom. The largest absolute Gasteiger partial charge is 0.744 e. The van der Waals surface area contributed by atoms with E-state index in [2.05, 4.69) is 182 Å². The van der Waals surface area contributed by atoms with Crippen LogP contribution in [-0.4, -0.2) is 13.0 Å². The van der Waals surface area contributed by atoms with Crippen molar-refractivity contribution in [1.82, 2.24) is 4.17 Å². The van der Waals surface area contributed by atoms with E-state index in [9.17, 15) is 13.0 Å². The second-order valence-electron chi connectivity index (χ2n) is 11.6. The molecule has 0 heterocycles. The fraction of sp³-hybridized carbons (Fsp3) is 0.0233. The first-order valence-corrected chi connectivity index (χ1v) is 21.1. The van der Waals surface area contributed by atoms with Crippen LogP contribution < -0.4 is 36.0 Å². The van der Waals surface area contributed by atoms with Crippen molar-refractivity contribution >= 4 is 56.1 Å². The Kier molecular flexibility index (Phi) is 11.0. The fourth-order valence-corrected chi connectivity index (χ4v) is 15.9. The lowest BCUT2D eigenvalue weighted by molar-refractivity contribution is 0.463. The zero-order chi connectivity index (χ0) is 34.9. The zero-order valence-electron chi connectivity index (χ0n) is 27.6. The van der Waals surface area contributed by atoms with E-state index in [-0.39, 0.29) is 4.90 Å². The zero-order valence-corrected chi connectivity index (χ0v) is 30.2. The molecule has 0 N–H and O–H groups in total. The summed E-state index contributed by atoms with van der Waals surface area (Å²) in [6.07, 6.45) is 0. The SMILES string of the molecule is Cc1ccc(S(=O)(=O)[O-])cc1.c1ccc(P(=[N+]=P(c2ccccc2)(c2ccccc2)c2ccccc2)(c2ccccc2)c2ccccc2)cc1. The maximum Gasteiger partial charge on any atom is 0.301 e. The van der Waals surface area contributed by atoms with Crippen LogP contribution in [-0.2, 0) is 10.1 Å². The van der Waals surface area contributed by atoms with Gasteiger partial charge in [0.25, 0.3) is 0 Å². The van der Waals surface area contributed by atoms with Gasteiger partial charge in [0.05, 0.1) is 36.7 Å². The molecule has 0 saturated carbocycles. The topological polar surface area (TPSA) is 71.3 Å². The van der Waals surface area contributed by atoms with E-state index in [0.717, 1.165) is 5.56 Å². The van der Waals surface area contributed by atoms with Crippen molar-refractivity contribution in [3.8, 4) is 0 Å². The minimum absolute atomic E-state index is 0.178. The van der Waals surface area contributed by atoms with Crippen LogP contribution in [0.5, 0.6) is 0 Å². The van der Waals surface area contributed by atoms with Crippen LogP contribution >= 0.6 is 14.1 Å². The number of nitrogens with zero attached hydrogens (tertiary/aromatic N) is 1. The third-order valence-electron chi connectivity index (χ3n) is 8.36. The highest BCUT2D eigenvalue weighted by atomic mass is 32.2. The third-order valence-corrected chi connectivity index (χ3v) is 17.6. The minimum atomic E-state index is -4.27. The summed E-state index contributed by atoms with van der Waals surface area (Å²) in [7, 11) is -9.26. The van der Waals surface area contributed by atoms with E-state index in [1.54, 1.807) is 12.1 Å². The molecule has 248 valence electrons. The normalized spacial score (nSPS) is 11.5. The van der Waals surface area contributed by atoms with Gasteiger partial charge in [-0.3, -0.25) is 0 Å². The molecule has 0 atom stereocenters. The van der Waals surface area contributed by atoms with Crippen LogP contribution in [0.15, 0.2) is 211 Å². The second kappa shape index (κ2) is 15.7. The van der Waals surface area contributed by atoms with Gasteiger partial charge in [0.15, 0.2) is 0 Å². The molecule has 7 aromatic rings. The van der Waals surface area contributed by atoms with Crippen LogP contribution in [0.1, 0.15) is 5.56 Å².